The molecule has 0 aliphatic heterocycles. The van der Waals surface area contributed by atoms with Gasteiger partial charge in [-0.05, 0) is 36.5 Å². The van der Waals surface area contributed by atoms with E-state index in [0.29, 0.717) is 25.8 Å². The first-order valence-electron chi connectivity index (χ1n) is 9.06. The van der Waals surface area contributed by atoms with Crippen LogP contribution in [-0.4, -0.2) is 23.1 Å². The van der Waals surface area contributed by atoms with Crippen LogP contribution in [-0.2, 0) is 16.1 Å². The minimum Gasteiger partial charge on any atom is -0.338 e. The van der Waals surface area contributed by atoms with E-state index >= 15 is 0 Å². The Morgan fingerprint density at radius 1 is 1.25 bits per heavy atom. The number of benzene rings is 1. The summed E-state index contributed by atoms with van der Waals surface area (Å²) in [5.74, 6) is 0.200. The summed E-state index contributed by atoms with van der Waals surface area (Å²) in [7, 11) is 0. The summed E-state index contributed by atoms with van der Waals surface area (Å²) in [5.41, 5.74) is 0.945. The normalized spacial score (nSPS) is 20.9. The topological polar surface area (TPSA) is 37.4 Å². The fourth-order valence-corrected chi connectivity index (χ4v) is 3.44. The molecule has 1 aliphatic carbocycles. The Kier molecular flexibility index (Phi) is 6.95. The van der Waals surface area contributed by atoms with E-state index in [9.17, 15) is 14.0 Å². The highest BCUT2D eigenvalue weighted by Crippen LogP contribution is 2.30. The third-order valence-corrected chi connectivity index (χ3v) is 4.92. The van der Waals surface area contributed by atoms with Gasteiger partial charge < -0.3 is 4.90 Å². The molecule has 1 aliphatic rings. The van der Waals surface area contributed by atoms with Crippen LogP contribution < -0.4 is 0 Å². The molecule has 1 aromatic rings. The Morgan fingerprint density at radius 3 is 2.58 bits per heavy atom. The minimum atomic E-state index is -0.262. The number of halogens is 1. The molecule has 1 fully saturated rings. The minimum absolute atomic E-state index is 0.0650. The van der Waals surface area contributed by atoms with Crippen LogP contribution in [0.2, 0.25) is 0 Å². The molecule has 0 saturated heterocycles. The van der Waals surface area contributed by atoms with Crippen LogP contribution in [0, 0.1) is 17.7 Å². The van der Waals surface area contributed by atoms with Gasteiger partial charge in [0.1, 0.15) is 11.6 Å². The molecule has 132 valence electrons. The number of unbranched alkanes of at least 4 members (excludes halogenated alkanes) is 2. The number of hydrogen-bond acceptors (Lipinski definition) is 2. The van der Waals surface area contributed by atoms with Gasteiger partial charge in [-0.3, -0.25) is 9.59 Å². The van der Waals surface area contributed by atoms with Gasteiger partial charge in [0, 0.05) is 31.8 Å². The monoisotopic (exact) mass is 333 g/mol. The average Bonchev–Trinajstić information content (AvgIpc) is 2.55. The highest BCUT2D eigenvalue weighted by Gasteiger charge is 2.33. The average molecular weight is 333 g/mol. The van der Waals surface area contributed by atoms with Crippen molar-refractivity contribution in [2.24, 2.45) is 11.8 Å². The van der Waals surface area contributed by atoms with E-state index in [1.807, 2.05) is 11.8 Å². The van der Waals surface area contributed by atoms with Gasteiger partial charge in [0.25, 0.3) is 0 Å². The zero-order valence-electron chi connectivity index (χ0n) is 14.8. The van der Waals surface area contributed by atoms with Crippen LogP contribution in [0.15, 0.2) is 24.3 Å². The number of rotatable bonds is 7. The third-order valence-electron chi connectivity index (χ3n) is 4.92. The highest BCUT2D eigenvalue weighted by molar-refractivity contribution is 5.85. The van der Waals surface area contributed by atoms with Gasteiger partial charge in [0.15, 0.2) is 0 Å². The number of Topliss-reactive ketones (excluding diaryl/α,β-unsaturated/α-hetero) is 1. The molecule has 0 heterocycles. The lowest BCUT2D eigenvalue weighted by molar-refractivity contribution is -0.140. The fourth-order valence-electron chi connectivity index (χ4n) is 3.44. The van der Waals surface area contributed by atoms with Crippen molar-refractivity contribution in [2.45, 2.75) is 58.9 Å². The van der Waals surface area contributed by atoms with Crippen molar-refractivity contribution >= 4 is 11.7 Å². The number of hydrogen-bond donors (Lipinski definition) is 0. The molecule has 1 saturated carbocycles. The van der Waals surface area contributed by atoms with Crippen molar-refractivity contribution in [1.82, 2.24) is 4.90 Å². The Morgan fingerprint density at radius 2 is 1.96 bits per heavy atom. The Bertz CT molecular complexity index is 555. The van der Waals surface area contributed by atoms with Gasteiger partial charge >= 0.3 is 0 Å². The Balaban J connectivity index is 2.07. The van der Waals surface area contributed by atoms with Gasteiger partial charge in [-0.2, -0.15) is 0 Å². The van der Waals surface area contributed by atoms with E-state index in [0.717, 1.165) is 31.4 Å². The van der Waals surface area contributed by atoms with Crippen LogP contribution in [0.3, 0.4) is 0 Å². The van der Waals surface area contributed by atoms with E-state index < -0.39 is 0 Å². The molecular formula is C20H28FNO2. The summed E-state index contributed by atoms with van der Waals surface area (Å²) in [6, 6.07) is 6.35. The number of amides is 1. The second-order valence-electron chi connectivity index (χ2n) is 6.96. The number of ketones is 1. The molecule has 0 spiro atoms. The first-order chi connectivity index (χ1) is 11.5. The van der Waals surface area contributed by atoms with Gasteiger partial charge in [-0.15, -0.1) is 0 Å². The molecule has 0 aromatic heterocycles. The van der Waals surface area contributed by atoms with Gasteiger partial charge in [-0.25, -0.2) is 4.39 Å². The SMILES string of the molecule is CCCCCN(Cc1ccc(F)cc1)C(=O)[C@@H]1CCC(=O)C[C@H]1C. The molecule has 0 unspecified atom stereocenters. The van der Waals surface area contributed by atoms with E-state index in [2.05, 4.69) is 6.92 Å². The first kappa shape index (κ1) is 18.6. The van der Waals surface area contributed by atoms with E-state index in [1.165, 1.54) is 12.1 Å². The maximum atomic E-state index is 13.1. The van der Waals surface area contributed by atoms with E-state index in [-0.39, 0.29) is 29.3 Å². The summed E-state index contributed by atoms with van der Waals surface area (Å²) >= 11 is 0. The summed E-state index contributed by atoms with van der Waals surface area (Å²) in [6.45, 7) is 5.38. The van der Waals surface area contributed by atoms with Gasteiger partial charge in [-0.1, -0.05) is 38.8 Å². The molecule has 0 radical (unpaired) electrons. The second-order valence-corrected chi connectivity index (χ2v) is 6.96. The lowest BCUT2D eigenvalue weighted by Gasteiger charge is -2.33. The van der Waals surface area contributed by atoms with Crippen molar-refractivity contribution < 1.29 is 14.0 Å². The van der Waals surface area contributed by atoms with Crippen molar-refractivity contribution in [3.8, 4) is 0 Å². The molecule has 0 bridgehead atoms. The smallest absolute Gasteiger partial charge is 0.226 e. The van der Waals surface area contributed by atoms with E-state index in [1.54, 1.807) is 12.1 Å². The molecule has 2 atom stereocenters. The maximum Gasteiger partial charge on any atom is 0.226 e. The van der Waals surface area contributed by atoms with Crippen LogP contribution in [0.1, 0.15) is 57.9 Å². The van der Waals surface area contributed by atoms with Crippen LogP contribution >= 0.6 is 0 Å². The zero-order chi connectivity index (χ0) is 17.5. The zero-order valence-corrected chi connectivity index (χ0v) is 14.8. The van der Waals surface area contributed by atoms with Crippen LogP contribution in [0.25, 0.3) is 0 Å². The predicted octanol–water partition coefficient (Wildman–Crippen LogP) is 4.35. The molecule has 4 heteroatoms. The van der Waals surface area contributed by atoms with E-state index in [4.69, 9.17) is 0 Å². The van der Waals surface area contributed by atoms with Gasteiger partial charge in [0.2, 0.25) is 5.91 Å². The largest absolute Gasteiger partial charge is 0.338 e. The lowest BCUT2D eigenvalue weighted by atomic mass is 9.79. The standard InChI is InChI=1S/C20H28FNO2/c1-3-4-5-12-22(14-16-6-8-17(21)9-7-16)20(24)19-11-10-18(23)13-15(19)2/h6-9,15,19H,3-5,10-14H2,1-2H3/t15-,19-/m1/s1. The quantitative estimate of drug-likeness (QED) is 0.696. The van der Waals surface area contributed by atoms with Crippen LogP contribution in [0.4, 0.5) is 4.39 Å². The Hall–Kier alpha value is -1.71. The predicted molar refractivity (Wildman–Crippen MR) is 92.9 cm³/mol. The second kappa shape index (κ2) is 8.95. The molecule has 24 heavy (non-hydrogen) atoms. The van der Waals surface area contributed by atoms with Crippen molar-refractivity contribution in [3.05, 3.63) is 35.6 Å². The number of carbonyl (C=O) groups excluding carboxylic acids is 2. The molecule has 1 amide bonds. The summed E-state index contributed by atoms with van der Waals surface area (Å²) in [4.78, 5) is 26.5. The third kappa shape index (κ3) is 5.15. The molecule has 2 rings (SSSR count). The van der Waals surface area contributed by atoms with Crippen molar-refractivity contribution in [2.75, 3.05) is 6.54 Å². The number of nitrogens with zero attached hydrogens (tertiary/aromatic N) is 1. The lowest BCUT2D eigenvalue weighted by Crippen LogP contribution is -2.41. The summed E-state index contributed by atoms with van der Waals surface area (Å²) < 4.78 is 13.1. The maximum absolute atomic E-state index is 13.1. The fraction of sp³-hybridized carbons (Fsp3) is 0.600. The molecule has 1 aromatic carbocycles. The van der Waals surface area contributed by atoms with Crippen LogP contribution in [0.5, 0.6) is 0 Å². The molecule has 0 N–H and O–H groups in total. The molecule has 3 nitrogen and oxygen atoms in total. The highest BCUT2D eigenvalue weighted by atomic mass is 19.1. The first-order valence-corrected chi connectivity index (χ1v) is 9.06. The Labute approximate surface area is 144 Å². The van der Waals surface area contributed by atoms with Crippen molar-refractivity contribution in [1.29, 1.82) is 0 Å². The summed E-state index contributed by atoms with van der Waals surface area (Å²) in [5, 5.41) is 0. The molecular weight excluding hydrogens is 305 g/mol. The van der Waals surface area contributed by atoms with Crippen molar-refractivity contribution in [3.63, 3.8) is 0 Å². The summed E-state index contributed by atoms with van der Waals surface area (Å²) in [6.07, 6.45) is 4.85. The number of carbonyl (C=O) groups is 2. The van der Waals surface area contributed by atoms with Gasteiger partial charge in [0.05, 0.1) is 0 Å².